The number of rotatable bonds is 6. The minimum atomic E-state index is -2.18. The molecule has 9 atom stereocenters. The molecule has 2 saturated heterocycles. The largest absolute Gasteiger partial charge is 0.493 e. The zero-order valence-electron chi connectivity index (χ0n) is 30.0. The summed E-state index contributed by atoms with van der Waals surface area (Å²) in [6, 6.07) is 6.02. The highest BCUT2D eigenvalue weighted by Gasteiger charge is 2.81. The van der Waals surface area contributed by atoms with Gasteiger partial charge in [0.05, 0.1) is 31.0 Å². The van der Waals surface area contributed by atoms with E-state index in [0.29, 0.717) is 31.9 Å². The summed E-state index contributed by atoms with van der Waals surface area (Å²) in [4.78, 5) is 36.9. The Morgan fingerprint density at radius 1 is 1.06 bits per heavy atom. The van der Waals surface area contributed by atoms with Crippen LogP contribution in [0.3, 0.4) is 0 Å². The number of hydrogen-bond donors (Lipinski definition) is 4. The van der Waals surface area contributed by atoms with Gasteiger partial charge in [0.2, 0.25) is 5.91 Å². The highest BCUT2D eigenvalue weighted by atomic mass is 16.6. The second-order valence-electron chi connectivity index (χ2n) is 16.0. The minimum absolute atomic E-state index is 0.129. The third kappa shape index (κ3) is 6.19. The van der Waals surface area contributed by atoms with E-state index in [4.69, 9.17) is 18.9 Å². The van der Waals surface area contributed by atoms with E-state index in [0.717, 1.165) is 29.9 Å². The molecule has 0 spiro atoms. The summed E-state index contributed by atoms with van der Waals surface area (Å²) in [5, 5.41) is 37.6. The number of ketones is 1. The van der Waals surface area contributed by atoms with Crippen LogP contribution in [-0.2, 0) is 23.9 Å². The summed E-state index contributed by atoms with van der Waals surface area (Å²) in [5.74, 6) is 0.0960. The fourth-order valence-corrected chi connectivity index (χ4v) is 9.72. The van der Waals surface area contributed by atoms with Crippen LogP contribution < -0.4 is 14.8 Å². The molecule has 11 heteroatoms. The Morgan fingerprint density at radius 3 is 2.31 bits per heavy atom. The summed E-state index contributed by atoms with van der Waals surface area (Å²) < 4.78 is 23.3. The first-order chi connectivity index (χ1) is 22.9. The molecule has 3 saturated carbocycles. The third-order valence-corrected chi connectivity index (χ3v) is 12.3. The Kier molecular flexibility index (Phi) is 10.1. The number of carbonyl (C=O) groups excluding carboxylic acids is 3. The number of aliphatic hydroxyl groups excluding tert-OH is 2. The van der Waals surface area contributed by atoms with Crippen molar-refractivity contribution in [2.75, 3.05) is 13.7 Å². The van der Waals surface area contributed by atoms with Crippen LogP contribution >= 0.6 is 0 Å². The van der Waals surface area contributed by atoms with E-state index in [1.54, 1.807) is 21.0 Å². The lowest BCUT2D eigenvalue weighted by Crippen LogP contribution is -2.86. The maximum Gasteiger partial charge on any atom is 0.303 e. The zero-order valence-corrected chi connectivity index (χ0v) is 30.0. The number of hydrogen-bond acceptors (Lipinski definition) is 10. The number of ether oxygens (including phenoxy) is 4. The average molecular weight is 686 g/mol. The van der Waals surface area contributed by atoms with Gasteiger partial charge in [-0.05, 0) is 75.5 Å². The van der Waals surface area contributed by atoms with E-state index in [1.807, 2.05) is 32.0 Å². The van der Waals surface area contributed by atoms with Gasteiger partial charge in [0.1, 0.15) is 5.60 Å². The Labute approximate surface area is 289 Å². The van der Waals surface area contributed by atoms with Crippen molar-refractivity contribution in [1.29, 1.82) is 0 Å². The number of methoxy groups -OCH3 is 1. The number of nitrogens with one attached hydrogen (secondary N) is 1. The lowest BCUT2D eigenvalue weighted by Gasteiger charge is -2.71. The number of aliphatic hydroxyl groups is 3. The molecular weight excluding hydrogens is 630 g/mol. The molecule has 0 bridgehead atoms. The standard InChI is InChI=1S/C22H34O7.C16H21NO3/c1-8-19(5)11-14(25)22(27)20(6)13(24)9-10-18(3,4)16(20)15(26)17(28-12(2)23)21(22,7)29-19;1-19-14-7-6-11(12-9-16(18)17-10-12)8-15(14)20-13-4-2-3-5-13/h8,13,15-17,24,26-27H,1,9-11H2,2-7H3;6-8,12-13H,2-5,9-10H2,1H3,(H,17,18)/t13-,15-,16-,17-,19-,20-,21+,22-;/m0./s1. The van der Waals surface area contributed by atoms with Crippen LogP contribution in [0.2, 0.25) is 0 Å². The summed E-state index contributed by atoms with van der Waals surface area (Å²) in [6.45, 7) is 14.3. The highest BCUT2D eigenvalue weighted by Crippen LogP contribution is 2.67. The number of fused-ring (bicyclic) bond motifs is 3. The van der Waals surface area contributed by atoms with Gasteiger partial charge in [-0.15, -0.1) is 6.58 Å². The minimum Gasteiger partial charge on any atom is -0.493 e. The van der Waals surface area contributed by atoms with Crippen LogP contribution in [0.5, 0.6) is 11.5 Å². The first-order valence-corrected chi connectivity index (χ1v) is 17.6. The van der Waals surface area contributed by atoms with Crippen molar-refractivity contribution in [3.8, 4) is 11.5 Å². The molecule has 5 fully saturated rings. The molecule has 6 rings (SSSR count). The van der Waals surface area contributed by atoms with Crippen molar-refractivity contribution >= 4 is 17.7 Å². The van der Waals surface area contributed by atoms with Gasteiger partial charge in [-0.3, -0.25) is 14.4 Å². The number of carbonyl (C=O) groups is 3. The summed E-state index contributed by atoms with van der Waals surface area (Å²) in [7, 11) is 1.66. The predicted molar refractivity (Wildman–Crippen MR) is 181 cm³/mol. The molecule has 1 unspecified atom stereocenters. The maximum absolute atomic E-state index is 13.6. The molecule has 2 heterocycles. The van der Waals surface area contributed by atoms with Gasteiger partial charge in [0, 0.05) is 43.6 Å². The molecule has 1 amide bonds. The lowest BCUT2D eigenvalue weighted by atomic mass is 9.40. The van der Waals surface area contributed by atoms with Crippen LogP contribution in [0.15, 0.2) is 30.9 Å². The van der Waals surface area contributed by atoms with Crippen molar-refractivity contribution in [3.05, 3.63) is 36.4 Å². The number of Topliss-reactive ketones (excluding diaryl/α,β-unsaturated/α-hetero) is 1. The third-order valence-electron chi connectivity index (χ3n) is 12.3. The van der Waals surface area contributed by atoms with Crippen molar-refractivity contribution in [2.45, 2.75) is 140 Å². The van der Waals surface area contributed by atoms with E-state index in [2.05, 4.69) is 11.9 Å². The Balaban J connectivity index is 0.000000204. The Morgan fingerprint density at radius 2 is 1.73 bits per heavy atom. The van der Waals surface area contributed by atoms with Crippen LogP contribution in [0.25, 0.3) is 0 Å². The van der Waals surface area contributed by atoms with E-state index in [-0.39, 0.29) is 18.2 Å². The van der Waals surface area contributed by atoms with Crippen LogP contribution in [0.4, 0.5) is 0 Å². The van der Waals surface area contributed by atoms with Gasteiger partial charge in [-0.2, -0.15) is 0 Å². The molecule has 2 aliphatic heterocycles. The predicted octanol–water partition coefficient (Wildman–Crippen LogP) is 4.14. The fraction of sp³-hybridized carbons (Fsp3) is 0.711. The Hall–Kier alpha value is -2.99. The fourth-order valence-electron chi connectivity index (χ4n) is 9.72. The summed E-state index contributed by atoms with van der Waals surface area (Å²) in [5.41, 5.74) is -5.85. The molecule has 1 aromatic rings. The van der Waals surface area contributed by atoms with Crippen LogP contribution in [0, 0.1) is 16.7 Å². The van der Waals surface area contributed by atoms with Gasteiger partial charge in [-0.25, -0.2) is 0 Å². The number of esters is 1. The molecule has 11 nitrogen and oxygen atoms in total. The lowest BCUT2D eigenvalue weighted by molar-refractivity contribution is -0.370. The first-order valence-electron chi connectivity index (χ1n) is 17.6. The second-order valence-corrected chi connectivity index (χ2v) is 16.0. The van der Waals surface area contributed by atoms with Crippen molar-refractivity contribution in [3.63, 3.8) is 0 Å². The second kappa shape index (κ2) is 13.3. The Bertz CT molecular complexity index is 1460. The van der Waals surface area contributed by atoms with Gasteiger partial charge in [-0.1, -0.05) is 32.9 Å². The summed E-state index contributed by atoms with van der Waals surface area (Å²) >= 11 is 0. The summed E-state index contributed by atoms with van der Waals surface area (Å²) in [6.07, 6.45) is 4.31. The zero-order chi connectivity index (χ0) is 36.2. The normalized spacial score (nSPS) is 39.8. The smallest absolute Gasteiger partial charge is 0.303 e. The molecule has 3 aliphatic carbocycles. The van der Waals surface area contributed by atoms with Gasteiger partial charge >= 0.3 is 5.97 Å². The molecule has 272 valence electrons. The van der Waals surface area contributed by atoms with Crippen LogP contribution in [-0.4, -0.2) is 87.9 Å². The van der Waals surface area contributed by atoms with Gasteiger partial charge in [0.25, 0.3) is 0 Å². The van der Waals surface area contributed by atoms with Crippen molar-refractivity contribution in [2.24, 2.45) is 16.7 Å². The molecule has 49 heavy (non-hydrogen) atoms. The molecular formula is C38H55NO10. The van der Waals surface area contributed by atoms with E-state index >= 15 is 0 Å². The first kappa shape index (κ1) is 37.3. The van der Waals surface area contributed by atoms with E-state index in [9.17, 15) is 29.7 Å². The molecule has 0 aromatic heterocycles. The van der Waals surface area contributed by atoms with Gasteiger partial charge in [0.15, 0.2) is 29.0 Å². The van der Waals surface area contributed by atoms with Crippen molar-refractivity contribution < 1.29 is 48.7 Å². The average Bonchev–Trinajstić information content (AvgIpc) is 3.72. The maximum atomic E-state index is 13.6. The van der Waals surface area contributed by atoms with E-state index < -0.39 is 63.6 Å². The highest BCUT2D eigenvalue weighted by molar-refractivity contribution is 5.92. The SMILES string of the molecule is C=C[C@@]1(C)CC(=O)[C@]2(O)[C@@]3(C)[C@@H](O)CCC(C)(C)[C@@H]3[C@H](O)[C@H](OC(C)=O)[C@@]2(C)O1.COc1ccc(C2CNC(=O)C2)cc1OC1CCCC1. The monoisotopic (exact) mass is 685 g/mol. The number of benzene rings is 1. The topological polar surface area (TPSA) is 161 Å². The molecule has 5 aliphatic rings. The number of amides is 1. The molecule has 1 aromatic carbocycles. The van der Waals surface area contributed by atoms with Gasteiger partial charge < -0.3 is 39.6 Å². The molecule has 0 radical (unpaired) electrons. The van der Waals surface area contributed by atoms with Crippen LogP contribution in [0.1, 0.15) is 104 Å². The quantitative estimate of drug-likeness (QED) is 0.253. The molecule has 4 N–H and O–H groups in total. The van der Waals surface area contributed by atoms with Crippen molar-refractivity contribution in [1.82, 2.24) is 5.32 Å². The van der Waals surface area contributed by atoms with E-state index in [1.165, 1.54) is 32.8 Å².